The summed E-state index contributed by atoms with van der Waals surface area (Å²) in [5, 5.41) is 15.0. The molecular weight excluding hydrogens is 346 g/mol. The molecule has 25 heavy (non-hydrogen) atoms. The first-order valence-electron chi connectivity index (χ1n) is 8.19. The SMILES string of the molecule is Cc1c(Cl)cccc1NC(=O)CCNC(=O)N1CCC(C(=O)O)CC1. The first kappa shape index (κ1) is 19.1. The van der Waals surface area contributed by atoms with Crippen LogP contribution >= 0.6 is 11.6 Å². The lowest BCUT2D eigenvalue weighted by molar-refractivity contribution is -0.143. The number of hydrogen-bond acceptors (Lipinski definition) is 3. The van der Waals surface area contributed by atoms with E-state index in [1.807, 2.05) is 6.92 Å². The van der Waals surface area contributed by atoms with Gasteiger partial charge in [0.15, 0.2) is 0 Å². The van der Waals surface area contributed by atoms with Crippen molar-refractivity contribution in [2.45, 2.75) is 26.2 Å². The molecule has 2 rings (SSSR count). The van der Waals surface area contributed by atoms with E-state index in [9.17, 15) is 14.4 Å². The standard InChI is InChI=1S/C17H22ClN3O4/c1-11-13(18)3-2-4-14(11)20-15(22)5-8-19-17(25)21-9-6-12(7-10-21)16(23)24/h2-4,12H,5-10H2,1H3,(H,19,25)(H,20,22)(H,23,24). The van der Waals surface area contributed by atoms with Crippen molar-refractivity contribution < 1.29 is 19.5 Å². The number of likely N-dealkylation sites (tertiary alicyclic amines) is 1. The summed E-state index contributed by atoms with van der Waals surface area (Å²) in [7, 11) is 0. The Hall–Kier alpha value is -2.28. The van der Waals surface area contributed by atoms with Crippen molar-refractivity contribution in [3.05, 3.63) is 28.8 Å². The summed E-state index contributed by atoms with van der Waals surface area (Å²) in [6.07, 6.45) is 1.05. The summed E-state index contributed by atoms with van der Waals surface area (Å²) in [5.41, 5.74) is 1.45. The number of carbonyl (C=O) groups excluding carboxylic acids is 2. The number of carboxylic acids is 1. The number of nitrogens with zero attached hydrogens (tertiary/aromatic N) is 1. The normalized spacial score (nSPS) is 14.9. The average molecular weight is 368 g/mol. The Kier molecular flexibility index (Phi) is 6.64. The van der Waals surface area contributed by atoms with E-state index in [1.54, 1.807) is 23.1 Å². The first-order chi connectivity index (χ1) is 11.9. The van der Waals surface area contributed by atoms with Gasteiger partial charge in [0.25, 0.3) is 0 Å². The molecule has 1 heterocycles. The zero-order valence-corrected chi connectivity index (χ0v) is 14.8. The Balaban J connectivity index is 1.71. The van der Waals surface area contributed by atoms with Crippen molar-refractivity contribution in [2.24, 2.45) is 5.92 Å². The van der Waals surface area contributed by atoms with Crippen molar-refractivity contribution in [2.75, 3.05) is 25.0 Å². The number of nitrogens with one attached hydrogen (secondary N) is 2. The zero-order valence-electron chi connectivity index (χ0n) is 14.0. The molecule has 1 aliphatic rings. The number of hydrogen-bond donors (Lipinski definition) is 3. The molecule has 1 saturated heterocycles. The quantitative estimate of drug-likeness (QED) is 0.744. The van der Waals surface area contributed by atoms with Crippen LogP contribution in [-0.4, -0.2) is 47.5 Å². The smallest absolute Gasteiger partial charge is 0.317 e. The van der Waals surface area contributed by atoms with Gasteiger partial charge in [0.2, 0.25) is 5.91 Å². The number of piperidine rings is 1. The fourth-order valence-electron chi connectivity index (χ4n) is 2.68. The monoisotopic (exact) mass is 367 g/mol. The van der Waals surface area contributed by atoms with E-state index < -0.39 is 5.97 Å². The molecule has 3 N–H and O–H groups in total. The second-order valence-corrected chi connectivity index (χ2v) is 6.45. The highest BCUT2D eigenvalue weighted by Crippen LogP contribution is 2.23. The second kappa shape index (κ2) is 8.71. The maximum Gasteiger partial charge on any atom is 0.317 e. The highest BCUT2D eigenvalue weighted by Gasteiger charge is 2.26. The van der Waals surface area contributed by atoms with E-state index in [0.29, 0.717) is 36.6 Å². The van der Waals surface area contributed by atoms with Gasteiger partial charge < -0.3 is 20.6 Å². The van der Waals surface area contributed by atoms with Gasteiger partial charge in [-0.2, -0.15) is 0 Å². The van der Waals surface area contributed by atoms with Crippen molar-refractivity contribution in [3.63, 3.8) is 0 Å². The number of carbonyl (C=O) groups is 3. The number of urea groups is 1. The summed E-state index contributed by atoms with van der Waals surface area (Å²) in [5.74, 6) is -1.40. The van der Waals surface area contributed by atoms with E-state index in [1.165, 1.54) is 0 Å². The molecule has 7 nitrogen and oxygen atoms in total. The molecule has 0 aliphatic carbocycles. The predicted molar refractivity (Wildman–Crippen MR) is 94.8 cm³/mol. The molecule has 1 fully saturated rings. The minimum atomic E-state index is -0.812. The lowest BCUT2D eigenvalue weighted by Crippen LogP contribution is -2.46. The van der Waals surface area contributed by atoms with Gasteiger partial charge in [-0.15, -0.1) is 0 Å². The number of aliphatic carboxylic acids is 1. The third-order valence-corrected chi connectivity index (χ3v) is 4.71. The van der Waals surface area contributed by atoms with Gasteiger partial charge in [0.1, 0.15) is 0 Å². The summed E-state index contributed by atoms with van der Waals surface area (Å²) >= 11 is 6.01. The lowest BCUT2D eigenvalue weighted by Gasteiger charge is -2.30. The molecular formula is C17H22ClN3O4. The molecule has 0 saturated carbocycles. The van der Waals surface area contributed by atoms with E-state index in [-0.39, 0.29) is 30.8 Å². The summed E-state index contributed by atoms with van der Waals surface area (Å²) in [6, 6.07) is 5.01. The Morgan fingerprint density at radius 3 is 2.60 bits per heavy atom. The third-order valence-electron chi connectivity index (χ3n) is 4.30. The average Bonchev–Trinajstić information content (AvgIpc) is 2.59. The number of benzene rings is 1. The van der Waals surface area contributed by atoms with Gasteiger partial charge in [-0.3, -0.25) is 9.59 Å². The Labute approximate surface area is 151 Å². The van der Waals surface area contributed by atoms with Crippen LogP contribution in [0.2, 0.25) is 5.02 Å². The van der Waals surface area contributed by atoms with Gasteiger partial charge in [-0.25, -0.2) is 4.79 Å². The zero-order chi connectivity index (χ0) is 18.4. The summed E-state index contributed by atoms with van der Waals surface area (Å²) in [6.45, 7) is 2.86. The van der Waals surface area contributed by atoms with Crippen LogP contribution < -0.4 is 10.6 Å². The highest BCUT2D eigenvalue weighted by atomic mass is 35.5. The fraction of sp³-hybridized carbons (Fsp3) is 0.471. The molecule has 8 heteroatoms. The molecule has 3 amide bonds. The van der Waals surface area contributed by atoms with Gasteiger partial charge >= 0.3 is 12.0 Å². The number of amides is 3. The fourth-order valence-corrected chi connectivity index (χ4v) is 2.85. The molecule has 1 aromatic rings. The molecule has 1 aliphatic heterocycles. The molecule has 0 aromatic heterocycles. The number of anilines is 1. The molecule has 0 spiro atoms. The van der Waals surface area contributed by atoms with Crippen molar-refractivity contribution in [1.82, 2.24) is 10.2 Å². The maximum absolute atomic E-state index is 12.0. The van der Waals surface area contributed by atoms with Crippen LogP contribution in [0, 0.1) is 12.8 Å². The van der Waals surface area contributed by atoms with Crippen LogP contribution in [0.1, 0.15) is 24.8 Å². The minimum Gasteiger partial charge on any atom is -0.481 e. The van der Waals surface area contributed by atoms with Gasteiger partial charge in [0, 0.05) is 36.8 Å². The Morgan fingerprint density at radius 1 is 1.28 bits per heavy atom. The molecule has 0 unspecified atom stereocenters. The van der Waals surface area contributed by atoms with E-state index in [2.05, 4.69) is 10.6 Å². The molecule has 136 valence electrons. The molecule has 1 aromatic carbocycles. The van der Waals surface area contributed by atoms with Crippen LogP contribution in [0.5, 0.6) is 0 Å². The Morgan fingerprint density at radius 2 is 1.96 bits per heavy atom. The maximum atomic E-state index is 12.0. The van der Waals surface area contributed by atoms with Gasteiger partial charge in [-0.1, -0.05) is 17.7 Å². The topological polar surface area (TPSA) is 98.7 Å². The van der Waals surface area contributed by atoms with Crippen molar-refractivity contribution >= 4 is 35.2 Å². The summed E-state index contributed by atoms with van der Waals surface area (Å²) in [4.78, 5) is 36.5. The number of halogens is 1. The van der Waals surface area contributed by atoms with Crippen LogP contribution in [-0.2, 0) is 9.59 Å². The highest BCUT2D eigenvalue weighted by molar-refractivity contribution is 6.31. The minimum absolute atomic E-state index is 0.142. The van der Waals surface area contributed by atoms with Crippen molar-refractivity contribution in [1.29, 1.82) is 0 Å². The number of carboxylic acid groups (broad SMARTS) is 1. The third kappa shape index (κ3) is 5.35. The number of rotatable bonds is 5. The van der Waals surface area contributed by atoms with Crippen LogP contribution in [0.25, 0.3) is 0 Å². The Bertz CT molecular complexity index is 657. The van der Waals surface area contributed by atoms with E-state index in [0.717, 1.165) is 5.56 Å². The molecule has 0 atom stereocenters. The lowest BCUT2D eigenvalue weighted by atomic mass is 9.97. The van der Waals surface area contributed by atoms with Crippen LogP contribution in [0.15, 0.2) is 18.2 Å². The van der Waals surface area contributed by atoms with Gasteiger partial charge in [0.05, 0.1) is 5.92 Å². The molecule has 0 radical (unpaired) electrons. The first-order valence-corrected chi connectivity index (χ1v) is 8.57. The van der Waals surface area contributed by atoms with Crippen LogP contribution in [0.4, 0.5) is 10.5 Å². The molecule has 0 bridgehead atoms. The van der Waals surface area contributed by atoms with E-state index in [4.69, 9.17) is 16.7 Å². The predicted octanol–water partition coefficient (Wildman–Crippen LogP) is 2.48. The van der Waals surface area contributed by atoms with E-state index >= 15 is 0 Å². The van der Waals surface area contributed by atoms with Crippen molar-refractivity contribution in [3.8, 4) is 0 Å². The summed E-state index contributed by atoms with van der Waals surface area (Å²) < 4.78 is 0. The second-order valence-electron chi connectivity index (χ2n) is 6.04. The largest absolute Gasteiger partial charge is 0.481 e. The van der Waals surface area contributed by atoms with Crippen LogP contribution in [0.3, 0.4) is 0 Å². The van der Waals surface area contributed by atoms with Gasteiger partial charge in [-0.05, 0) is 37.5 Å².